The fourth-order valence-electron chi connectivity index (χ4n) is 2.97. The minimum atomic E-state index is 0.329. The fourth-order valence-corrected chi connectivity index (χ4v) is 2.97. The van der Waals surface area contributed by atoms with E-state index in [2.05, 4.69) is 47.1 Å². The number of nitrogens with zero attached hydrogens (tertiary/aromatic N) is 2. The van der Waals surface area contributed by atoms with E-state index in [0.29, 0.717) is 11.8 Å². The van der Waals surface area contributed by atoms with Crippen LogP contribution in [0.5, 0.6) is 5.75 Å². The molecule has 1 heterocycles. The van der Waals surface area contributed by atoms with Crippen molar-refractivity contribution in [2.75, 3.05) is 31.1 Å². The third-order valence-electron chi connectivity index (χ3n) is 4.36. The third-order valence-corrected chi connectivity index (χ3v) is 4.36. The number of hydrogen-bond donors (Lipinski definition) is 1. The van der Waals surface area contributed by atoms with Gasteiger partial charge in [-0.1, -0.05) is 30.3 Å². The second-order valence-electron chi connectivity index (χ2n) is 5.63. The summed E-state index contributed by atoms with van der Waals surface area (Å²) < 4.78 is 0. The molecule has 0 spiro atoms. The van der Waals surface area contributed by atoms with Crippen LogP contribution in [0.2, 0.25) is 0 Å². The summed E-state index contributed by atoms with van der Waals surface area (Å²) >= 11 is 0. The van der Waals surface area contributed by atoms with Crippen LogP contribution in [-0.2, 0) is 0 Å². The normalized spacial score (nSPS) is 17.7. The molecule has 110 valence electrons. The van der Waals surface area contributed by atoms with Gasteiger partial charge in [0, 0.05) is 37.9 Å². The molecule has 1 fully saturated rings. The van der Waals surface area contributed by atoms with Crippen LogP contribution in [0.3, 0.4) is 0 Å². The molecule has 1 unspecified atom stereocenters. The number of phenols is 1. The number of anilines is 1. The zero-order valence-corrected chi connectivity index (χ0v) is 12.4. The average molecular weight is 282 g/mol. The summed E-state index contributed by atoms with van der Waals surface area (Å²) in [4.78, 5) is 4.92. The Morgan fingerprint density at radius 3 is 2.10 bits per heavy atom. The monoisotopic (exact) mass is 282 g/mol. The van der Waals surface area contributed by atoms with Crippen molar-refractivity contribution in [3.8, 4) is 5.75 Å². The second-order valence-corrected chi connectivity index (χ2v) is 5.63. The summed E-state index contributed by atoms with van der Waals surface area (Å²) in [7, 11) is 0. The molecule has 1 N–H and O–H groups in total. The van der Waals surface area contributed by atoms with E-state index in [-0.39, 0.29) is 0 Å². The topological polar surface area (TPSA) is 26.7 Å². The molecular weight excluding hydrogens is 260 g/mol. The quantitative estimate of drug-likeness (QED) is 0.936. The molecule has 0 aromatic heterocycles. The van der Waals surface area contributed by atoms with Gasteiger partial charge in [0.25, 0.3) is 0 Å². The smallest absolute Gasteiger partial charge is 0.115 e. The number of piperazine rings is 1. The van der Waals surface area contributed by atoms with Gasteiger partial charge in [-0.25, -0.2) is 0 Å². The van der Waals surface area contributed by atoms with Gasteiger partial charge in [0.2, 0.25) is 0 Å². The molecule has 2 aromatic rings. The van der Waals surface area contributed by atoms with Crippen LogP contribution in [0.1, 0.15) is 18.5 Å². The highest BCUT2D eigenvalue weighted by molar-refractivity contribution is 5.49. The maximum absolute atomic E-state index is 9.37. The number of benzene rings is 2. The highest BCUT2D eigenvalue weighted by Crippen LogP contribution is 2.24. The van der Waals surface area contributed by atoms with Gasteiger partial charge in [0.15, 0.2) is 0 Å². The van der Waals surface area contributed by atoms with Crippen molar-refractivity contribution in [1.29, 1.82) is 0 Å². The van der Waals surface area contributed by atoms with Crippen molar-refractivity contribution >= 4 is 5.69 Å². The van der Waals surface area contributed by atoms with E-state index in [0.717, 1.165) is 26.2 Å². The summed E-state index contributed by atoms with van der Waals surface area (Å²) in [5.74, 6) is 0.329. The molecule has 0 saturated carbocycles. The summed E-state index contributed by atoms with van der Waals surface area (Å²) in [5.41, 5.74) is 2.58. The van der Waals surface area contributed by atoms with E-state index in [1.165, 1.54) is 11.3 Å². The van der Waals surface area contributed by atoms with Crippen LogP contribution in [0.25, 0.3) is 0 Å². The molecular formula is C18H22N2O. The van der Waals surface area contributed by atoms with Gasteiger partial charge < -0.3 is 10.0 Å². The van der Waals surface area contributed by atoms with Crippen LogP contribution < -0.4 is 4.90 Å². The maximum atomic E-state index is 9.37. The molecule has 1 aliphatic heterocycles. The van der Waals surface area contributed by atoms with Crippen molar-refractivity contribution in [3.05, 3.63) is 60.2 Å². The standard InChI is InChI=1S/C18H22N2O/c1-15(16-5-3-2-4-6-16)19-11-13-20(14-12-19)17-7-9-18(21)10-8-17/h2-10,15,21H,11-14H2,1H3. The second kappa shape index (κ2) is 6.19. The Morgan fingerprint density at radius 1 is 0.857 bits per heavy atom. The van der Waals surface area contributed by atoms with E-state index in [4.69, 9.17) is 0 Å². The molecule has 1 saturated heterocycles. The first-order valence-electron chi connectivity index (χ1n) is 7.57. The van der Waals surface area contributed by atoms with E-state index >= 15 is 0 Å². The molecule has 0 amide bonds. The lowest BCUT2D eigenvalue weighted by Crippen LogP contribution is -2.47. The Labute approximate surface area is 126 Å². The fraction of sp³-hybridized carbons (Fsp3) is 0.333. The van der Waals surface area contributed by atoms with Gasteiger partial charge in [0.05, 0.1) is 0 Å². The Kier molecular flexibility index (Phi) is 4.11. The van der Waals surface area contributed by atoms with Crippen LogP contribution in [0.4, 0.5) is 5.69 Å². The predicted molar refractivity (Wildman–Crippen MR) is 86.7 cm³/mol. The van der Waals surface area contributed by atoms with Crippen molar-refractivity contribution < 1.29 is 5.11 Å². The SMILES string of the molecule is CC(c1ccccc1)N1CCN(c2ccc(O)cc2)CC1. The molecule has 21 heavy (non-hydrogen) atoms. The highest BCUT2D eigenvalue weighted by atomic mass is 16.3. The molecule has 2 aromatic carbocycles. The molecule has 0 aliphatic carbocycles. The first kappa shape index (κ1) is 14.0. The lowest BCUT2D eigenvalue weighted by molar-refractivity contribution is 0.198. The molecule has 3 nitrogen and oxygen atoms in total. The lowest BCUT2D eigenvalue weighted by Gasteiger charge is -2.39. The van der Waals surface area contributed by atoms with E-state index in [9.17, 15) is 5.11 Å². The van der Waals surface area contributed by atoms with Gasteiger partial charge in [0.1, 0.15) is 5.75 Å². The molecule has 0 bridgehead atoms. The van der Waals surface area contributed by atoms with Gasteiger partial charge >= 0.3 is 0 Å². The molecule has 0 radical (unpaired) electrons. The zero-order valence-electron chi connectivity index (χ0n) is 12.4. The average Bonchev–Trinajstić information content (AvgIpc) is 2.56. The van der Waals surface area contributed by atoms with Crippen molar-refractivity contribution in [2.24, 2.45) is 0 Å². The lowest BCUT2D eigenvalue weighted by atomic mass is 10.1. The van der Waals surface area contributed by atoms with Crippen molar-refractivity contribution in [2.45, 2.75) is 13.0 Å². The van der Waals surface area contributed by atoms with Gasteiger partial charge in [-0.3, -0.25) is 4.90 Å². The van der Waals surface area contributed by atoms with Crippen molar-refractivity contribution in [1.82, 2.24) is 4.90 Å². The molecule has 3 heteroatoms. The minimum Gasteiger partial charge on any atom is -0.508 e. The summed E-state index contributed by atoms with van der Waals surface area (Å²) in [6.07, 6.45) is 0. The minimum absolute atomic E-state index is 0.329. The first-order chi connectivity index (χ1) is 10.2. The third kappa shape index (κ3) is 3.19. The summed E-state index contributed by atoms with van der Waals surface area (Å²) in [5, 5.41) is 9.37. The van der Waals surface area contributed by atoms with Crippen LogP contribution in [-0.4, -0.2) is 36.2 Å². The highest BCUT2D eigenvalue weighted by Gasteiger charge is 2.21. The summed E-state index contributed by atoms with van der Waals surface area (Å²) in [6, 6.07) is 18.7. The number of phenolic OH excluding ortho intramolecular Hbond substituents is 1. The van der Waals surface area contributed by atoms with Gasteiger partial charge in [-0.15, -0.1) is 0 Å². The Hall–Kier alpha value is -2.00. The number of hydrogen-bond acceptors (Lipinski definition) is 3. The van der Waals surface area contributed by atoms with Gasteiger partial charge in [-0.05, 0) is 36.8 Å². The van der Waals surface area contributed by atoms with E-state index in [1.807, 2.05) is 12.1 Å². The molecule has 1 atom stereocenters. The largest absolute Gasteiger partial charge is 0.508 e. The Morgan fingerprint density at radius 2 is 1.48 bits per heavy atom. The van der Waals surface area contributed by atoms with E-state index in [1.54, 1.807) is 12.1 Å². The predicted octanol–water partition coefficient (Wildman–Crippen LogP) is 3.28. The zero-order chi connectivity index (χ0) is 14.7. The van der Waals surface area contributed by atoms with Crippen LogP contribution in [0, 0.1) is 0 Å². The van der Waals surface area contributed by atoms with E-state index < -0.39 is 0 Å². The molecule has 1 aliphatic rings. The maximum Gasteiger partial charge on any atom is 0.115 e. The van der Waals surface area contributed by atoms with Crippen molar-refractivity contribution in [3.63, 3.8) is 0 Å². The van der Waals surface area contributed by atoms with Crippen LogP contribution >= 0.6 is 0 Å². The van der Waals surface area contributed by atoms with Crippen LogP contribution in [0.15, 0.2) is 54.6 Å². The number of aromatic hydroxyl groups is 1. The Balaban J connectivity index is 1.61. The summed E-state index contributed by atoms with van der Waals surface area (Å²) in [6.45, 7) is 6.48. The first-order valence-corrected chi connectivity index (χ1v) is 7.57. The van der Waals surface area contributed by atoms with Gasteiger partial charge in [-0.2, -0.15) is 0 Å². The molecule has 3 rings (SSSR count). The Bertz CT molecular complexity index is 560. The number of rotatable bonds is 3.